The average molecular weight is 514 g/mol. The molecule has 8 nitrogen and oxygen atoms in total. The molecule has 194 valence electrons. The van der Waals surface area contributed by atoms with E-state index in [1.54, 1.807) is 54.5 Å². The van der Waals surface area contributed by atoms with Crippen LogP contribution in [0.5, 0.6) is 5.75 Å². The average Bonchev–Trinajstić information content (AvgIpc) is 3.43. The van der Waals surface area contributed by atoms with Gasteiger partial charge in [-0.1, -0.05) is 60.2 Å². The maximum Gasteiger partial charge on any atom is 0.338 e. The Bertz CT molecular complexity index is 1440. The Morgan fingerprint density at radius 1 is 0.895 bits per heavy atom. The summed E-state index contributed by atoms with van der Waals surface area (Å²) in [5, 5.41) is 0. The standard InChI is InChI=1S/C30H27NO7/c1-18-9-11-19(12-10-18)17-31-23-8-6-5-7-22(23)30(29(31)34)25(28(33)37-4)24(27(32)36-3)26(38-30)20-13-15-21(35-2)16-14-20/h5-16,26H,17H2,1-4H3/t26-,30+/m0/s1. The SMILES string of the molecule is COC(=O)C1=C(C(=O)OC)[C@@]2(O[C@H]1c1ccc(OC)cc1)C(=O)N(Cc1ccc(C)cc1)c1ccccc12. The molecule has 2 aliphatic heterocycles. The molecule has 1 amide bonds. The van der Waals surface area contributed by atoms with Gasteiger partial charge in [-0.15, -0.1) is 0 Å². The van der Waals surface area contributed by atoms with Crippen LogP contribution < -0.4 is 9.64 Å². The molecule has 0 fully saturated rings. The van der Waals surface area contributed by atoms with Crippen LogP contribution in [0.3, 0.4) is 0 Å². The molecular weight excluding hydrogens is 486 g/mol. The van der Waals surface area contributed by atoms with Crippen LogP contribution in [-0.4, -0.2) is 39.2 Å². The van der Waals surface area contributed by atoms with Crippen molar-refractivity contribution in [2.75, 3.05) is 26.2 Å². The number of nitrogens with zero attached hydrogens (tertiary/aromatic N) is 1. The largest absolute Gasteiger partial charge is 0.497 e. The Kier molecular flexibility index (Phi) is 6.50. The first-order valence-electron chi connectivity index (χ1n) is 12.1. The fourth-order valence-corrected chi connectivity index (χ4v) is 5.11. The molecule has 3 aromatic carbocycles. The number of para-hydroxylation sites is 1. The van der Waals surface area contributed by atoms with E-state index < -0.39 is 29.6 Å². The lowest BCUT2D eigenvalue weighted by molar-refractivity contribution is -0.148. The van der Waals surface area contributed by atoms with Crippen molar-refractivity contribution < 1.29 is 33.3 Å². The maximum absolute atomic E-state index is 14.4. The molecule has 5 rings (SSSR count). The number of hydrogen-bond donors (Lipinski definition) is 0. The molecule has 0 unspecified atom stereocenters. The van der Waals surface area contributed by atoms with Gasteiger partial charge in [0.25, 0.3) is 5.91 Å². The third kappa shape index (κ3) is 3.85. The number of esters is 2. The number of ether oxygens (including phenoxy) is 4. The van der Waals surface area contributed by atoms with Crippen LogP contribution in [0.15, 0.2) is 83.9 Å². The molecule has 3 aromatic rings. The van der Waals surface area contributed by atoms with Gasteiger partial charge in [0.2, 0.25) is 5.60 Å². The van der Waals surface area contributed by atoms with Crippen molar-refractivity contribution in [2.45, 2.75) is 25.2 Å². The molecule has 0 saturated carbocycles. The zero-order chi connectivity index (χ0) is 27.0. The Morgan fingerprint density at radius 3 is 2.18 bits per heavy atom. The highest BCUT2D eigenvalue weighted by Crippen LogP contribution is 2.57. The zero-order valence-electron chi connectivity index (χ0n) is 21.5. The smallest absolute Gasteiger partial charge is 0.338 e. The lowest BCUT2D eigenvalue weighted by Crippen LogP contribution is -2.43. The third-order valence-corrected chi connectivity index (χ3v) is 6.97. The second-order valence-electron chi connectivity index (χ2n) is 9.12. The van der Waals surface area contributed by atoms with Gasteiger partial charge < -0.3 is 23.8 Å². The topological polar surface area (TPSA) is 91.4 Å². The highest BCUT2D eigenvalue weighted by Gasteiger charge is 2.64. The molecule has 2 atom stereocenters. The summed E-state index contributed by atoms with van der Waals surface area (Å²) < 4.78 is 22.0. The van der Waals surface area contributed by atoms with Gasteiger partial charge in [-0.2, -0.15) is 0 Å². The van der Waals surface area contributed by atoms with E-state index in [9.17, 15) is 14.4 Å². The van der Waals surface area contributed by atoms with Crippen LogP contribution in [0.25, 0.3) is 0 Å². The lowest BCUT2D eigenvalue weighted by atomic mass is 9.85. The molecule has 0 aliphatic carbocycles. The number of carbonyl (C=O) groups is 3. The third-order valence-electron chi connectivity index (χ3n) is 6.97. The molecule has 8 heteroatoms. The van der Waals surface area contributed by atoms with Gasteiger partial charge in [0.15, 0.2) is 0 Å². The van der Waals surface area contributed by atoms with E-state index in [-0.39, 0.29) is 17.7 Å². The number of fused-ring (bicyclic) bond motifs is 2. The van der Waals surface area contributed by atoms with Gasteiger partial charge in [0.1, 0.15) is 11.9 Å². The van der Waals surface area contributed by atoms with Crippen molar-refractivity contribution in [3.63, 3.8) is 0 Å². The summed E-state index contributed by atoms with van der Waals surface area (Å²) in [6.45, 7) is 2.24. The van der Waals surface area contributed by atoms with Gasteiger partial charge in [0, 0.05) is 5.56 Å². The van der Waals surface area contributed by atoms with Crippen molar-refractivity contribution in [1.29, 1.82) is 0 Å². The molecule has 0 N–H and O–H groups in total. The second kappa shape index (κ2) is 9.79. The normalized spacial score (nSPS) is 20.1. The van der Waals surface area contributed by atoms with Crippen molar-refractivity contribution >= 4 is 23.5 Å². The van der Waals surface area contributed by atoms with E-state index >= 15 is 0 Å². The number of amides is 1. The summed E-state index contributed by atoms with van der Waals surface area (Å²) in [4.78, 5) is 42.6. The van der Waals surface area contributed by atoms with Crippen LogP contribution in [-0.2, 0) is 40.7 Å². The van der Waals surface area contributed by atoms with Crippen LogP contribution in [0.1, 0.15) is 28.4 Å². The second-order valence-corrected chi connectivity index (χ2v) is 9.12. The summed E-state index contributed by atoms with van der Waals surface area (Å²) in [6, 6.07) is 21.8. The molecule has 2 aliphatic rings. The van der Waals surface area contributed by atoms with Crippen LogP contribution in [0.2, 0.25) is 0 Å². The molecule has 38 heavy (non-hydrogen) atoms. The van der Waals surface area contributed by atoms with Gasteiger partial charge in [-0.05, 0) is 36.2 Å². The van der Waals surface area contributed by atoms with Crippen molar-refractivity contribution in [3.8, 4) is 5.75 Å². The van der Waals surface area contributed by atoms with E-state index in [2.05, 4.69) is 0 Å². The molecule has 1 spiro atoms. The minimum atomic E-state index is -1.90. The first kappa shape index (κ1) is 25.2. The highest BCUT2D eigenvalue weighted by molar-refractivity contribution is 6.17. The number of benzene rings is 3. The molecule has 0 radical (unpaired) electrons. The minimum Gasteiger partial charge on any atom is -0.497 e. The molecule has 0 bridgehead atoms. The number of anilines is 1. The van der Waals surface area contributed by atoms with Gasteiger partial charge in [-0.3, -0.25) is 4.79 Å². The van der Waals surface area contributed by atoms with E-state index in [4.69, 9.17) is 18.9 Å². The maximum atomic E-state index is 14.4. The summed E-state index contributed by atoms with van der Waals surface area (Å²) in [7, 11) is 3.96. The number of hydrogen-bond acceptors (Lipinski definition) is 7. The highest BCUT2D eigenvalue weighted by atomic mass is 16.6. The number of aryl methyl sites for hydroxylation is 1. The van der Waals surface area contributed by atoms with E-state index in [1.807, 2.05) is 37.3 Å². The van der Waals surface area contributed by atoms with Crippen LogP contribution in [0.4, 0.5) is 5.69 Å². The fraction of sp³-hybridized carbons (Fsp3) is 0.233. The predicted molar refractivity (Wildman–Crippen MR) is 138 cm³/mol. The summed E-state index contributed by atoms with van der Waals surface area (Å²) in [5.41, 5.74) is 1.42. The first-order valence-corrected chi connectivity index (χ1v) is 12.1. The van der Waals surface area contributed by atoms with Crippen molar-refractivity contribution in [2.24, 2.45) is 0 Å². The Balaban J connectivity index is 1.72. The summed E-state index contributed by atoms with van der Waals surface area (Å²) in [5.74, 6) is -1.52. The zero-order valence-corrected chi connectivity index (χ0v) is 21.5. The first-order chi connectivity index (χ1) is 18.3. The number of methoxy groups -OCH3 is 3. The van der Waals surface area contributed by atoms with Gasteiger partial charge >= 0.3 is 11.9 Å². The van der Waals surface area contributed by atoms with Gasteiger partial charge in [0.05, 0.1) is 44.7 Å². The summed E-state index contributed by atoms with van der Waals surface area (Å²) >= 11 is 0. The Labute approximate surface area is 220 Å². The lowest BCUT2D eigenvalue weighted by Gasteiger charge is -2.27. The number of rotatable bonds is 6. The Hall–Kier alpha value is -4.43. The monoisotopic (exact) mass is 513 g/mol. The molecule has 2 heterocycles. The summed E-state index contributed by atoms with van der Waals surface area (Å²) in [6.07, 6.45) is -1.07. The Morgan fingerprint density at radius 2 is 1.55 bits per heavy atom. The van der Waals surface area contributed by atoms with E-state index in [0.29, 0.717) is 22.6 Å². The number of carbonyl (C=O) groups excluding carboxylic acids is 3. The molecular formula is C30H27NO7. The molecule has 0 aromatic heterocycles. The van der Waals surface area contributed by atoms with Crippen LogP contribution >= 0.6 is 0 Å². The van der Waals surface area contributed by atoms with E-state index in [0.717, 1.165) is 11.1 Å². The quantitative estimate of drug-likeness (QED) is 0.457. The predicted octanol–water partition coefficient (Wildman–Crippen LogP) is 4.16. The molecule has 0 saturated heterocycles. The van der Waals surface area contributed by atoms with Crippen molar-refractivity contribution in [1.82, 2.24) is 0 Å². The van der Waals surface area contributed by atoms with Crippen molar-refractivity contribution in [3.05, 3.63) is 106 Å². The van der Waals surface area contributed by atoms with Crippen LogP contribution in [0, 0.1) is 6.92 Å². The fourth-order valence-electron chi connectivity index (χ4n) is 5.11. The van der Waals surface area contributed by atoms with Gasteiger partial charge in [-0.25, -0.2) is 9.59 Å². The van der Waals surface area contributed by atoms with E-state index in [1.165, 1.54) is 14.2 Å². The minimum absolute atomic E-state index is 0.0788.